The molecule has 49 heavy (non-hydrogen) atoms. The van der Waals surface area contributed by atoms with Gasteiger partial charge in [-0.1, -0.05) is 149 Å². The van der Waals surface area contributed by atoms with Crippen LogP contribution in [0.15, 0.2) is 121 Å². The van der Waals surface area contributed by atoms with Gasteiger partial charge >= 0.3 is 0 Å². The Balaban J connectivity index is 1.50. The summed E-state index contributed by atoms with van der Waals surface area (Å²) in [7, 11) is -2.42. The van der Waals surface area contributed by atoms with Gasteiger partial charge in [0.05, 0.1) is 33.0 Å². The van der Waals surface area contributed by atoms with E-state index in [0.29, 0.717) is 39.0 Å². The van der Waals surface area contributed by atoms with E-state index in [1.807, 2.05) is 72.8 Å². The van der Waals surface area contributed by atoms with E-state index in [0.717, 1.165) is 22.3 Å². The molecule has 0 bridgehead atoms. The predicted molar refractivity (Wildman–Crippen MR) is 197 cm³/mol. The molecule has 262 valence electrons. The number of hydrogen-bond acceptors (Lipinski definition) is 6. The van der Waals surface area contributed by atoms with Gasteiger partial charge in [0, 0.05) is 0 Å². The van der Waals surface area contributed by atoms with E-state index in [1.165, 1.54) is 0 Å². The largest absolute Gasteiger partial charge is 0.406 e. The lowest BCUT2D eigenvalue weighted by molar-refractivity contribution is -0.318. The average molecular weight is 683 g/mol. The topological polar surface area (TPSA) is 55.4 Å². The first-order valence-electron chi connectivity index (χ1n) is 17.6. The molecule has 4 aromatic carbocycles. The van der Waals surface area contributed by atoms with Crippen LogP contribution in [-0.4, -0.2) is 45.6 Å². The fraction of sp³-hybridized carbons (Fsp3) is 0.429. The smallest absolute Gasteiger partial charge is 0.193 e. The van der Waals surface area contributed by atoms with E-state index < -0.39 is 39.0 Å². The van der Waals surface area contributed by atoms with Crippen molar-refractivity contribution in [2.45, 2.75) is 103 Å². The van der Waals surface area contributed by atoms with Crippen molar-refractivity contribution in [3.8, 4) is 0 Å². The minimum atomic E-state index is -2.42. The van der Waals surface area contributed by atoms with Crippen LogP contribution in [0.2, 0.25) is 18.1 Å². The molecule has 0 spiro atoms. The Bertz CT molecular complexity index is 1500. The standard InChI is InChI=1S/C42H54O6Si/c1-32(2)42(3,4)49(5,6)48-40-39(45-29-35-23-15-9-16-24-35)38(44-28-34-21-13-8-14-22-34)37(31-43-27-33-19-11-7-12-20-33)47-41(40)46-30-36-25-17-10-18-26-36/h7-26,32,37-41H,27-31H2,1-6H3/t37-,38+,39+,40-,41-/m1/s1. The number of rotatable bonds is 17. The molecule has 1 aliphatic rings. The van der Waals surface area contributed by atoms with Gasteiger partial charge in [0.25, 0.3) is 0 Å². The van der Waals surface area contributed by atoms with Crippen LogP contribution in [0.5, 0.6) is 0 Å². The lowest BCUT2D eigenvalue weighted by atomic mass is 9.98. The Labute approximate surface area is 294 Å². The summed E-state index contributed by atoms with van der Waals surface area (Å²) in [6.07, 6.45) is -2.72. The molecule has 1 heterocycles. The van der Waals surface area contributed by atoms with Crippen LogP contribution in [0.3, 0.4) is 0 Å². The minimum Gasteiger partial charge on any atom is -0.406 e. The molecule has 0 aliphatic carbocycles. The highest BCUT2D eigenvalue weighted by Crippen LogP contribution is 2.46. The Morgan fingerprint density at radius 1 is 0.571 bits per heavy atom. The van der Waals surface area contributed by atoms with Gasteiger partial charge in [-0.15, -0.1) is 0 Å². The number of ether oxygens (including phenoxy) is 5. The molecule has 1 fully saturated rings. The van der Waals surface area contributed by atoms with Gasteiger partial charge in [-0.25, -0.2) is 0 Å². The van der Waals surface area contributed by atoms with Gasteiger partial charge in [0.2, 0.25) is 0 Å². The van der Waals surface area contributed by atoms with E-state index in [1.54, 1.807) is 0 Å². The van der Waals surface area contributed by atoms with Crippen LogP contribution in [0, 0.1) is 5.92 Å². The Morgan fingerprint density at radius 3 is 1.43 bits per heavy atom. The third-order valence-corrected chi connectivity index (χ3v) is 14.8. The summed E-state index contributed by atoms with van der Waals surface area (Å²) in [5, 5.41) is -0.0446. The maximum absolute atomic E-state index is 7.35. The van der Waals surface area contributed by atoms with Crippen LogP contribution < -0.4 is 0 Å². The summed E-state index contributed by atoms with van der Waals surface area (Å²) in [5.41, 5.74) is 4.31. The summed E-state index contributed by atoms with van der Waals surface area (Å²) in [6.45, 7) is 15.7. The second kappa shape index (κ2) is 17.7. The second-order valence-corrected chi connectivity index (χ2v) is 18.9. The van der Waals surface area contributed by atoms with E-state index in [4.69, 9.17) is 28.1 Å². The molecule has 0 radical (unpaired) electrons. The van der Waals surface area contributed by atoms with Crippen LogP contribution >= 0.6 is 0 Å². The Hall–Kier alpha value is -3.14. The van der Waals surface area contributed by atoms with Gasteiger partial charge in [-0.2, -0.15) is 0 Å². The van der Waals surface area contributed by atoms with Gasteiger partial charge in [0.15, 0.2) is 14.6 Å². The van der Waals surface area contributed by atoms with Gasteiger partial charge in [-0.05, 0) is 46.3 Å². The maximum atomic E-state index is 7.35. The molecule has 1 aliphatic heterocycles. The zero-order valence-electron chi connectivity index (χ0n) is 30.0. The minimum absolute atomic E-state index is 0.0446. The molecule has 0 unspecified atom stereocenters. The van der Waals surface area contributed by atoms with Crippen molar-refractivity contribution in [3.63, 3.8) is 0 Å². The predicted octanol–water partition coefficient (Wildman–Crippen LogP) is 9.34. The summed E-state index contributed by atoms with van der Waals surface area (Å²) in [5.74, 6) is 0.412. The molecule has 0 N–H and O–H groups in total. The molecule has 5 atom stereocenters. The number of hydrogen-bond donors (Lipinski definition) is 0. The van der Waals surface area contributed by atoms with E-state index in [9.17, 15) is 0 Å². The van der Waals surface area contributed by atoms with Crippen LogP contribution in [0.4, 0.5) is 0 Å². The average Bonchev–Trinajstić information content (AvgIpc) is 3.11. The molecule has 0 saturated carbocycles. The second-order valence-electron chi connectivity index (χ2n) is 14.3. The lowest BCUT2D eigenvalue weighted by Crippen LogP contribution is -2.64. The summed E-state index contributed by atoms with van der Waals surface area (Å²) in [4.78, 5) is 0. The van der Waals surface area contributed by atoms with Crippen molar-refractivity contribution >= 4 is 8.32 Å². The third-order valence-electron chi connectivity index (χ3n) is 10.2. The highest BCUT2D eigenvalue weighted by molar-refractivity contribution is 6.74. The summed E-state index contributed by atoms with van der Waals surface area (Å²) in [6, 6.07) is 40.8. The Kier molecular flexibility index (Phi) is 13.4. The molecule has 0 amide bonds. The van der Waals surface area contributed by atoms with E-state index in [2.05, 4.69) is 89.3 Å². The van der Waals surface area contributed by atoms with Gasteiger partial charge in [-0.3, -0.25) is 0 Å². The summed E-state index contributed by atoms with van der Waals surface area (Å²) >= 11 is 0. The molecule has 4 aromatic rings. The first-order chi connectivity index (χ1) is 23.6. The summed E-state index contributed by atoms with van der Waals surface area (Å²) < 4.78 is 41.0. The first kappa shape index (κ1) is 37.1. The van der Waals surface area contributed by atoms with E-state index in [-0.39, 0.29) is 5.04 Å². The maximum Gasteiger partial charge on any atom is 0.193 e. The molecule has 0 aromatic heterocycles. The molecule has 7 heteroatoms. The quantitative estimate of drug-likeness (QED) is 0.104. The first-order valence-corrected chi connectivity index (χ1v) is 20.5. The van der Waals surface area contributed by atoms with Crippen molar-refractivity contribution in [3.05, 3.63) is 144 Å². The van der Waals surface area contributed by atoms with Crippen molar-refractivity contribution in [1.29, 1.82) is 0 Å². The monoisotopic (exact) mass is 682 g/mol. The van der Waals surface area contributed by atoms with Crippen molar-refractivity contribution in [2.75, 3.05) is 6.61 Å². The van der Waals surface area contributed by atoms with E-state index >= 15 is 0 Å². The van der Waals surface area contributed by atoms with Crippen LogP contribution in [0.1, 0.15) is 49.9 Å². The highest BCUT2D eigenvalue weighted by Gasteiger charge is 2.53. The van der Waals surface area contributed by atoms with Crippen LogP contribution in [0.25, 0.3) is 0 Å². The molecule has 5 rings (SSSR count). The van der Waals surface area contributed by atoms with Crippen molar-refractivity contribution in [2.24, 2.45) is 5.92 Å². The lowest BCUT2D eigenvalue weighted by Gasteiger charge is -2.51. The molecular formula is C42H54O6Si. The zero-order valence-corrected chi connectivity index (χ0v) is 31.0. The fourth-order valence-corrected chi connectivity index (χ4v) is 8.62. The van der Waals surface area contributed by atoms with Crippen molar-refractivity contribution in [1.82, 2.24) is 0 Å². The third kappa shape index (κ3) is 10.2. The highest BCUT2D eigenvalue weighted by atomic mass is 28.4. The Morgan fingerprint density at radius 2 is 0.980 bits per heavy atom. The fourth-order valence-electron chi connectivity index (χ4n) is 6.00. The van der Waals surface area contributed by atoms with Gasteiger partial charge in [0.1, 0.15) is 24.4 Å². The molecule has 6 nitrogen and oxygen atoms in total. The van der Waals surface area contributed by atoms with Crippen molar-refractivity contribution < 1.29 is 28.1 Å². The molecular weight excluding hydrogens is 629 g/mol. The normalized spacial score (nSPS) is 21.6. The molecule has 1 saturated heterocycles. The SMILES string of the molecule is CC(C)C(C)(C)[Si](C)(C)O[C@H]1[C@H](OCc2ccccc2)O[C@H](COCc2ccccc2)[C@H](OCc2ccccc2)[C@@H]1OCc1ccccc1. The zero-order chi connectivity index (χ0) is 34.7. The van der Waals surface area contributed by atoms with Crippen LogP contribution in [-0.2, 0) is 54.5 Å². The number of benzene rings is 4. The van der Waals surface area contributed by atoms with Gasteiger partial charge < -0.3 is 28.1 Å².